The van der Waals surface area contributed by atoms with Crippen LogP contribution in [-0.4, -0.2) is 19.2 Å². The van der Waals surface area contributed by atoms with Gasteiger partial charge in [-0.1, -0.05) is 23.2 Å². The molecule has 1 aromatic carbocycles. The third-order valence-corrected chi connectivity index (χ3v) is 3.21. The average molecular weight is 314 g/mol. The van der Waals surface area contributed by atoms with Gasteiger partial charge in [-0.05, 0) is 18.2 Å². The number of aromatic nitrogens is 1. The molecule has 5 nitrogen and oxygen atoms in total. The minimum Gasteiger partial charge on any atom is -0.497 e. The Morgan fingerprint density at radius 3 is 2.50 bits per heavy atom. The molecule has 20 heavy (non-hydrogen) atoms. The van der Waals surface area contributed by atoms with Crippen LogP contribution in [0.5, 0.6) is 11.5 Å². The Kier molecular flexibility index (Phi) is 4.42. The molecule has 2 rings (SSSR count). The van der Waals surface area contributed by atoms with Crippen LogP contribution in [0.1, 0.15) is 0 Å². The lowest BCUT2D eigenvalue weighted by Gasteiger charge is -2.13. The summed E-state index contributed by atoms with van der Waals surface area (Å²) in [7, 11) is 3.15. The normalized spacial score (nSPS) is 10.2. The van der Waals surface area contributed by atoms with Gasteiger partial charge in [-0.25, -0.2) is 4.98 Å². The van der Waals surface area contributed by atoms with E-state index in [1.165, 1.54) is 6.07 Å². The second-order valence-corrected chi connectivity index (χ2v) is 4.69. The van der Waals surface area contributed by atoms with Gasteiger partial charge in [0.2, 0.25) is 0 Å². The molecule has 7 heteroatoms. The zero-order valence-corrected chi connectivity index (χ0v) is 12.4. The minimum absolute atomic E-state index is 0.195. The summed E-state index contributed by atoms with van der Waals surface area (Å²) in [6.07, 6.45) is 0. The first-order chi connectivity index (χ1) is 9.55. The second-order valence-electron chi connectivity index (χ2n) is 3.88. The van der Waals surface area contributed by atoms with E-state index in [-0.39, 0.29) is 5.82 Å². The number of methoxy groups -OCH3 is 2. The SMILES string of the molecule is COc1ccc(OC)c(Nc2nc(N)c(Cl)cc2Cl)c1. The molecule has 0 saturated heterocycles. The van der Waals surface area contributed by atoms with E-state index < -0.39 is 0 Å². The van der Waals surface area contributed by atoms with Crippen molar-refractivity contribution in [2.45, 2.75) is 0 Å². The molecular formula is C13H13Cl2N3O2. The first-order valence-corrected chi connectivity index (χ1v) is 6.41. The largest absolute Gasteiger partial charge is 0.497 e. The first kappa shape index (κ1) is 14.6. The van der Waals surface area contributed by atoms with E-state index in [9.17, 15) is 0 Å². The first-order valence-electron chi connectivity index (χ1n) is 5.65. The summed E-state index contributed by atoms with van der Waals surface area (Å²) >= 11 is 11.9. The van der Waals surface area contributed by atoms with Crippen LogP contribution in [-0.2, 0) is 0 Å². The number of hydrogen-bond acceptors (Lipinski definition) is 5. The molecule has 2 aromatic rings. The Morgan fingerprint density at radius 1 is 1.10 bits per heavy atom. The van der Waals surface area contributed by atoms with Crippen molar-refractivity contribution < 1.29 is 9.47 Å². The molecule has 0 atom stereocenters. The third kappa shape index (κ3) is 3.00. The minimum atomic E-state index is 0.195. The number of rotatable bonds is 4. The van der Waals surface area contributed by atoms with Gasteiger partial charge in [0.05, 0.1) is 30.0 Å². The molecule has 0 radical (unpaired) electrons. The number of nitrogens with two attached hydrogens (primary N) is 1. The molecule has 1 heterocycles. The van der Waals surface area contributed by atoms with Crippen molar-refractivity contribution in [3.05, 3.63) is 34.3 Å². The van der Waals surface area contributed by atoms with Gasteiger partial charge in [0.15, 0.2) is 5.82 Å². The van der Waals surface area contributed by atoms with E-state index in [0.29, 0.717) is 33.0 Å². The quantitative estimate of drug-likeness (QED) is 0.900. The molecule has 0 fully saturated rings. The standard InChI is InChI=1S/C13H13Cl2N3O2/c1-19-7-3-4-11(20-2)10(5-7)17-13-9(15)6-8(14)12(16)18-13/h3-6H,1-2H3,(H3,16,17,18). The van der Waals surface area contributed by atoms with Crippen LogP contribution in [0, 0.1) is 0 Å². The summed E-state index contributed by atoms with van der Waals surface area (Å²) in [5, 5.41) is 3.71. The van der Waals surface area contributed by atoms with Crippen LogP contribution in [0.2, 0.25) is 10.0 Å². The van der Waals surface area contributed by atoms with Crippen molar-refractivity contribution in [2.24, 2.45) is 0 Å². The van der Waals surface area contributed by atoms with Crippen molar-refractivity contribution in [2.75, 3.05) is 25.3 Å². The van der Waals surface area contributed by atoms with Crippen LogP contribution in [0.25, 0.3) is 0 Å². The Labute approximate surface area is 126 Å². The van der Waals surface area contributed by atoms with Crippen molar-refractivity contribution in [3.63, 3.8) is 0 Å². The van der Waals surface area contributed by atoms with Crippen molar-refractivity contribution in [1.29, 1.82) is 0 Å². The van der Waals surface area contributed by atoms with E-state index in [4.69, 9.17) is 38.4 Å². The maximum absolute atomic E-state index is 6.08. The highest BCUT2D eigenvalue weighted by Crippen LogP contribution is 2.34. The van der Waals surface area contributed by atoms with Gasteiger partial charge >= 0.3 is 0 Å². The summed E-state index contributed by atoms with van der Waals surface area (Å²) in [6.45, 7) is 0. The highest BCUT2D eigenvalue weighted by Gasteiger charge is 2.11. The predicted molar refractivity (Wildman–Crippen MR) is 81.5 cm³/mol. The molecule has 0 amide bonds. The zero-order chi connectivity index (χ0) is 14.7. The third-order valence-electron chi connectivity index (χ3n) is 2.62. The molecule has 0 aliphatic carbocycles. The predicted octanol–water partition coefficient (Wildman–Crippen LogP) is 3.73. The van der Waals surface area contributed by atoms with E-state index in [1.807, 2.05) is 0 Å². The second kappa shape index (κ2) is 6.07. The van der Waals surface area contributed by atoms with Crippen LogP contribution >= 0.6 is 23.2 Å². The molecular weight excluding hydrogens is 301 g/mol. The van der Waals surface area contributed by atoms with E-state index in [0.717, 1.165) is 0 Å². The van der Waals surface area contributed by atoms with Gasteiger partial charge in [0.25, 0.3) is 0 Å². The van der Waals surface area contributed by atoms with Crippen LogP contribution in [0.15, 0.2) is 24.3 Å². The lowest BCUT2D eigenvalue weighted by atomic mass is 10.2. The number of benzene rings is 1. The molecule has 0 saturated carbocycles. The average Bonchev–Trinajstić information content (AvgIpc) is 2.44. The number of nitrogens with zero attached hydrogens (tertiary/aromatic N) is 1. The smallest absolute Gasteiger partial charge is 0.151 e. The van der Waals surface area contributed by atoms with Gasteiger partial charge in [0.1, 0.15) is 17.3 Å². The number of nitrogens with one attached hydrogen (secondary N) is 1. The monoisotopic (exact) mass is 313 g/mol. The van der Waals surface area contributed by atoms with Crippen molar-refractivity contribution in [3.8, 4) is 11.5 Å². The molecule has 1 aromatic heterocycles. The molecule has 3 N–H and O–H groups in total. The maximum Gasteiger partial charge on any atom is 0.151 e. The van der Waals surface area contributed by atoms with Gasteiger partial charge in [-0.3, -0.25) is 0 Å². The molecule has 0 aliphatic rings. The maximum atomic E-state index is 6.08. The number of pyridine rings is 1. The Bertz CT molecular complexity index is 635. The zero-order valence-electron chi connectivity index (χ0n) is 10.9. The highest BCUT2D eigenvalue weighted by atomic mass is 35.5. The van der Waals surface area contributed by atoms with Crippen LogP contribution in [0.4, 0.5) is 17.3 Å². The van der Waals surface area contributed by atoms with E-state index in [2.05, 4.69) is 10.3 Å². The lowest BCUT2D eigenvalue weighted by molar-refractivity contribution is 0.405. The molecule has 106 valence electrons. The van der Waals surface area contributed by atoms with Crippen LogP contribution < -0.4 is 20.5 Å². The van der Waals surface area contributed by atoms with E-state index >= 15 is 0 Å². The lowest BCUT2D eigenvalue weighted by Crippen LogP contribution is -2.01. The number of nitrogen functional groups attached to an aromatic ring is 1. The van der Waals surface area contributed by atoms with Gasteiger partial charge in [0, 0.05) is 6.07 Å². The molecule has 0 bridgehead atoms. The fraction of sp³-hybridized carbons (Fsp3) is 0.154. The summed E-state index contributed by atoms with van der Waals surface area (Å²) in [4.78, 5) is 4.10. The number of anilines is 3. The summed E-state index contributed by atoms with van der Waals surface area (Å²) in [5.41, 5.74) is 6.33. The summed E-state index contributed by atoms with van der Waals surface area (Å²) in [6, 6.07) is 6.85. The Morgan fingerprint density at radius 2 is 1.85 bits per heavy atom. The van der Waals surface area contributed by atoms with Gasteiger partial charge < -0.3 is 20.5 Å². The highest BCUT2D eigenvalue weighted by molar-refractivity contribution is 6.37. The topological polar surface area (TPSA) is 69.4 Å². The summed E-state index contributed by atoms with van der Waals surface area (Å²) < 4.78 is 10.4. The van der Waals surface area contributed by atoms with E-state index in [1.54, 1.807) is 32.4 Å². The molecule has 0 spiro atoms. The number of hydrogen-bond donors (Lipinski definition) is 2. The Balaban J connectivity index is 2.41. The van der Waals surface area contributed by atoms with Gasteiger partial charge in [-0.15, -0.1) is 0 Å². The van der Waals surface area contributed by atoms with Gasteiger partial charge in [-0.2, -0.15) is 0 Å². The van der Waals surface area contributed by atoms with Crippen LogP contribution in [0.3, 0.4) is 0 Å². The fourth-order valence-corrected chi connectivity index (χ4v) is 2.01. The van der Waals surface area contributed by atoms with Crippen molar-refractivity contribution in [1.82, 2.24) is 4.98 Å². The van der Waals surface area contributed by atoms with Crippen molar-refractivity contribution >= 4 is 40.5 Å². The molecule has 0 aliphatic heterocycles. The fourth-order valence-electron chi connectivity index (χ4n) is 1.61. The number of halogens is 2. The molecule has 0 unspecified atom stereocenters. The number of ether oxygens (including phenoxy) is 2. The Hall–Kier alpha value is -1.85. The summed E-state index contributed by atoms with van der Waals surface area (Å²) in [5.74, 6) is 1.88.